The highest BCUT2D eigenvalue weighted by molar-refractivity contribution is 5.98. The third kappa shape index (κ3) is 2.50. The number of hydrogen-bond donors (Lipinski definition) is 3. The summed E-state index contributed by atoms with van der Waals surface area (Å²) in [5, 5.41) is 9.75. The maximum absolute atomic E-state index is 11.8. The van der Waals surface area contributed by atoms with Gasteiger partial charge >= 0.3 is 0 Å². The molecule has 2 aromatic heterocycles. The van der Waals surface area contributed by atoms with E-state index < -0.39 is 0 Å². The lowest BCUT2D eigenvalue weighted by atomic mass is 10.3. The summed E-state index contributed by atoms with van der Waals surface area (Å²) in [4.78, 5) is 20.6. The number of nitrogens with zero attached hydrogens (tertiary/aromatic N) is 3. The molecule has 7 heteroatoms. The van der Waals surface area contributed by atoms with E-state index in [1.54, 1.807) is 20.3 Å². The van der Waals surface area contributed by atoms with Crippen LogP contribution in [0.2, 0.25) is 0 Å². The minimum Gasteiger partial charge on any atom is -0.363 e. The highest BCUT2D eigenvalue weighted by Crippen LogP contribution is 2.13. The van der Waals surface area contributed by atoms with Crippen LogP contribution in [0.15, 0.2) is 12.4 Å². The van der Waals surface area contributed by atoms with Gasteiger partial charge in [0.05, 0.1) is 12.7 Å². The fourth-order valence-corrected chi connectivity index (χ4v) is 1.55. The average Bonchev–Trinajstić information content (AvgIpc) is 2.93. The van der Waals surface area contributed by atoms with Gasteiger partial charge in [0.1, 0.15) is 17.2 Å². The monoisotopic (exact) mass is 248 g/mol. The van der Waals surface area contributed by atoms with E-state index in [1.165, 1.54) is 11.1 Å². The van der Waals surface area contributed by atoms with Gasteiger partial charge in [-0.15, -0.1) is 0 Å². The lowest BCUT2D eigenvalue weighted by molar-refractivity contribution is 0.0828. The van der Waals surface area contributed by atoms with Gasteiger partial charge in [0.25, 0.3) is 5.91 Å². The molecule has 0 fully saturated rings. The quantitative estimate of drug-likeness (QED) is 0.745. The van der Waals surface area contributed by atoms with E-state index in [0.717, 1.165) is 11.5 Å². The highest BCUT2D eigenvalue weighted by Gasteiger charge is 2.15. The predicted octanol–water partition coefficient (Wildman–Crippen LogP) is 0.755. The number of amides is 1. The number of carbonyl (C=O) groups is 1. The molecule has 0 spiro atoms. The second kappa shape index (κ2) is 4.91. The number of rotatable bonds is 4. The number of aromatic amines is 2. The molecule has 0 aliphatic heterocycles. The first kappa shape index (κ1) is 12.2. The Bertz CT molecular complexity index is 541. The van der Waals surface area contributed by atoms with E-state index in [4.69, 9.17) is 0 Å². The smallest absolute Gasteiger partial charge is 0.258 e. The number of aryl methyl sites for hydroxylation is 1. The first-order valence-corrected chi connectivity index (χ1v) is 5.57. The molecule has 7 nitrogen and oxygen atoms in total. The van der Waals surface area contributed by atoms with Crippen molar-refractivity contribution in [3.63, 3.8) is 0 Å². The topological polar surface area (TPSA) is 89.7 Å². The third-order valence-electron chi connectivity index (χ3n) is 2.46. The Hall–Kier alpha value is -2.31. The molecule has 3 N–H and O–H groups in total. The Labute approximate surface area is 105 Å². The van der Waals surface area contributed by atoms with Gasteiger partial charge in [-0.1, -0.05) is 0 Å². The molecule has 0 bridgehead atoms. The molecule has 0 aromatic carbocycles. The number of nitrogens with one attached hydrogen (secondary N) is 3. The number of hydrogen-bond acceptors (Lipinski definition) is 4. The third-order valence-corrected chi connectivity index (χ3v) is 2.46. The molecular formula is C11H16N6O. The maximum Gasteiger partial charge on any atom is 0.258 e. The molecule has 2 heterocycles. The summed E-state index contributed by atoms with van der Waals surface area (Å²) in [6.45, 7) is 2.44. The van der Waals surface area contributed by atoms with Crippen molar-refractivity contribution in [3.05, 3.63) is 29.5 Å². The summed E-state index contributed by atoms with van der Waals surface area (Å²) >= 11 is 0. The Morgan fingerprint density at radius 2 is 2.22 bits per heavy atom. The van der Waals surface area contributed by atoms with Crippen molar-refractivity contribution >= 4 is 11.7 Å². The standard InChI is InChI=1S/C11H16N6O/c1-7-4-12-9(15-7)6-13-10-8(5-14-16-10)11(18)17(2)3/h4-5H,6H2,1-3H3,(H,12,15)(H2,13,14,16). The SMILES string of the molecule is Cc1cnc(CNc2[nH]ncc2C(=O)N(C)C)[nH]1. The van der Waals surface area contributed by atoms with Gasteiger partial charge in [0, 0.05) is 26.0 Å². The van der Waals surface area contributed by atoms with Crippen molar-refractivity contribution in [2.45, 2.75) is 13.5 Å². The van der Waals surface area contributed by atoms with Crippen molar-refractivity contribution in [2.24, 2.45) is 0 Å². The number of carbonyl (C=O) groups excluding carboxylic acids is 1. The van der Waals surface area contributed by atoms with Crippen LogP contribution in [-0.2, 0) is 6.54 Å². The number of aromatic nitrogens is 4. The molecule has 0 saturated heterocycles. The molecule has 2 aromatic rings. The summed E-state index contributed by atoms with van der Waals surface area (Å²) in [6, 6.07) is 0. The highest BCUT2D eigenvalue weighted by atomic mass is 16.2. The molecule has 18 heavy (non-hydrogen) atoms. The molecule has 0 aliphatic rings. The van der Waals surface area contributed by atoms with Crippen LogP contribution in [0.1, 0.15) is 21.9 Å². The van der Waals surface area contributed by atoms with E-state index in [1.807, 2.05) is 6.92 Å². The minimum atomic E-state index is -0.0955. The van der Waals surface area contributed by atoms with Crippen LogP contribution in [0.4, 0.5) is 5.82 Å². The Kier molecular flexibility index (Phi) is 3.31. The normalized spacial score (nSPS) is 10.4. The first-order chi connectivity index (χ1) is 8.58. The van der Waals surface area contributed by atoms with Gasteiger partial charge in [-0.05, 0) is 6.92 Å². The van der Waals surface area contributed by atoms with Gasteiger partial charge in [-0.2, -0.15) is 5.10 Å². The summed E-state index contributed by atoms with van der Waals surface area (Å²) in [6.07, 6.45) is 3.27. The lowest BCUT2D eigenvalue weighted by Gasteiger charge is -2.10. The summed E-state index contributed by atoms with van der Waals surface area (Å²) in [5.41, 5.74) is 1.52. The van der Waals surface area contributed by atoms with Crippen LogP contribution in [-0.4, -0.2) is 45.1 Å². The number of H-pyrrole nitrogens is 2. The fourth-order valence-electron chi connectivity index (χ4n) is 1.55. The van der Waals surface area contributed by atoms with E-state index in [2.05, 4.69) is 25.5 Å². The molecule has 2 rings (SSSR count). The second-order valence-electron chi connectivity index (χ2n) is 4.22. The Morgan fingerprint density at radius 3 is 2.83 bits per heavy atom. The van der Waals surface area contributed by atoms with Crippen molar-refractivity contribution in [1.29, 1.82) is 0 Å². The van der Waals surface area contributed by atoms with Crippen LogP contribution < -0.4 is 5.32 Å². The van der Waals surface area contributed by atoms with Crippen LogP contribution in [0, 0.1) is 6.92 Å². The maximum atomic E-state index is 11.8. The molecule has 96 valence electrons. The van der Waals surface area contributed by atoms with E-state index in [-0.39, 0.29) is 5.91 Å². The zero-order valence-corrected chi connectivity index (χ0v) is 10.6. The average molecular weight is 248 g/mol. The zero-order valence-electron chi connectivity index (χ0n) is 10.6. The van der Waals surface area contributed by atoms with Gasteiger partial charge in [-0.25, -0.2) is 4.98 Å². The lowest BCUT2D eigenvalue weighted by Crippen LogP contribution is -2.22. The first-order valence-electron chi connectivity index (χ1n) is 5.57. The Balaban J connectivity index is 2.06. The van der Waals surface area contributed by atoms with Crippen molar-refractivity contribution in [1.82, 2.24) is 25.1 Å². The van der Waals surface area contributed by atoms with E-state index in [0.29, 0.717) is 17.9 Å². The van der Waals surface area contributed by atoms with Crippen LogP contribution in [0.25, 0.3) is 0 Å². The van der Waals surface area contributed by atoms with Crippen LogP contribution in [0.3, 0.4) is 0 Å². The van der Waals surface area contributed by atoms with Crippen LogP contribution >= 0.6 is 0 Å². The number of anilines is 1. The molecule has 0 atom stereocenters. The van der Waals surface area contributed by atoms with E-state index >= 15 is 0 Å². The molecule has 0 unspecified atom stereocenters. The Morgan fingerprint density at radius 1 is 1.44 bits per heavy atom. The predicted molar refractivity (Wildman–Crippen MR) is 67.3 cm³/mol. The van der Waals surface area contributed by atoms with Gasteiger partial charge in [-0.3, -0.25) is 9.89 Å². The molecule has 0 saturated carbocycles. The second-order valence-corrected chi connectivity index (χ2v) is 4.22. The molecule has 1 amide bonds. The van der Waals surface area contributed by atoms with E-state index in [9.17, 15) is 4.79 Å². The summed E-state index contributed by atoms with van der Waals surface area (Å²) in [5.74, 6) is 1.31. The number of imidazole rings is 1. The molecular weight excluding hydrogens is 232 g/mol. The van der Waals surface area contributed by atoms with Crippen molar-refractivity contribution < 1.29 is 4.79 Å². The summed E-state index contributed by atoms with van der Waals surface area (Å²) in [7, 11) is 3.41. The minimum absolute atomic E-state index is 0.0955. The van der Waals surface area contributed by atoms with Gasteiger partial charge in [0.15, 0.2) is 0 Å². The van der Waals surface area contributed by atoms with Crippen molar-refractivity contribution in [3.8, 4) is 0 Å². The van der Waals surface area contributed by atoms with Gasteiger partial charge in [0.2, 0.25) is 0 Å². The zero-order chi connectivity index (χ0) is 13.1. The van der Waals surface area contributed by atoms with Crippen molar-refractivity contribution in [2.75, 3.05) is 19.4 Å². The molecule has 0 aliphatic carbocycles. The van der Waals surface area contributed by atoms with Crippen LogP contribution in [0.5, 0.6) is 0 Å². The van der Waals surface area contributed by atoms with Gasteiger partial charge < -0.3 is 15.2 Å². The fraction of sp³-hybridized carbons (Fsp3) is 0.364. The molecule has 0 radical (unpaired) electrons. The summed E-state index contributed by atoms with van der Waals surface area (Å²) < 4.78 is 0. The largest absolute Gasteiger partial charge is 0.363 e.